The van der Waals surface area contributed by atoms with Crippen molar-refractivity contribution in [3.05, 3.63) is 18.3 Å². The van der Waals surface area contributed by atoms with E-state index in [1.807, 2.05) is 13.8 Å². The van der Waals surface area contributed by atoms with Gasteiger partial charge in [0.15, 0.2) is 0 Å². The minimum atomic E-state index is -3.53. The van der Waals surface area contributed by atoms with Gasteiger partial charge in [-0.1, -0.05) is 13.8 Å². The molecule has 0 saturated carbocycles. The second-order valence-electron chi connectivity index (χ2n) is 5.31. The summed E-state index contributed by atoms with van der Waals surface area (Å²) in [5, 5.41) is 8.94. The number of pyridine rings is 1. The molecule has 118 valence electrons. The quantitative estimate of drug-likeness (QED) is 0.803. The predicted octanol–water partition coefficient (Wildman–Crippen LogP) is 0.879. The summed E-state index contributed by atoms with van der Waals surface area (Å²) in [6, 6.07) is 2.97. The van der Waals surface area contributed by atoms with Crippen LogP contribution in [0.5, 0.6) is 0 Å². The van der Waals surface area contributed by atoms with Gasteiger partial charge in [-0.05, 0) is 18.1 Å². The van der Waals surface area contributed by atoms with Gasteiger partial charge in [-0.15, -0.1) is 0 Å². The third kappa shape index (κ3) is 4.68. The summed E-state index contributed by atoms with van der Waals surface area (Å²) in [5.74, 6) is -0.248. The first-order valence-electron chi connectivity index (χ1n) is 6.50. The number of rotatable bonds is 7. The van der Waals surface area contributed by atoms with Crippen LogP contribution in [0.4, 0.5) is 5.82 Å². The molecule has 0 amide bonds. The molecule has 0 aliphatic rings. The van der Waals surface area contributed by atoms with Gasteiger partial charge in [-0.3, -0.25) is 4.79 Å². The Labute approximate surface area is 125 Å². The zero-order valence-electron chi connectivity index (χ0n) is 12.6. The second kappa shape index (κ2) is 6.86. The van der Waals surface area contributed by atoms with Crippen molar-refractivity contribution in [1.82, 2.24) is 9.29 Å². The van der Waals surface area contributed by atoms with Gasteiger partial charge in [-0.25, -0.2) is 17.7 Å². The van der Waals surface area contributed by atoms with Gasteiger partial charge in [0.1, 0.15) is 17.3 Å². The van der Waals surface area contributed by atoms with E-state index in [9.17, 15) is 13.2 Å². The van der Waals surface area contributed by atoms with Crippen LogP contribution in [-0.4, -0.2) is 56.0 Å². The van der Waals surface area contributed by atoms with Crippen LogP contribution in [0.15, 0.2) is 23.2 Å². The molecule has 21 heavy (non-hydrogen) atoms. The SMILES string of the molecule is CC(C)CN(CC(=O)O)c1ccc(S(=O)(=O)N(C)C)cn1. The summed E-state index contributed by atoms with van der Waals surface area (Å²) in [6.45, 7) is 4.30. The van der Waals surface area contributed by atoms with Crippen LogP contribution in [0.3, 0.4) is 0 Å². The fraction of sp³-hybridized carbons (Fsp3) is 0.538. The van der Waals surface area contributed by atoms with Crippen LogP contribution >= 0.6 is 0 Å². The van der Waals surface area contributed by atoms with E-state index in [2.05, 4.69) is 4.98 Å². The van der Waals surface area contributed by atoms with Gasteiger partial charge >= 0.3 is 5.97 Å². The Morgan fingerprint density at radius 3 is 2.33 bits per heavy atom. The molecule has 0 saturated heterocycles. The van der Waals surface area contributed by atoms with Gasteiger partial charge in [0.25, 0.3) is 0 Å². The van der Waals surface area contributed by atoms with E-state index in [0.717, 1.165) is 4.31 Å². The lowest BCUT2D eigenvalue weighted by Gasteiger charge is -2.24. The number of hydrogen-bond acceptors (Lipinski definition) is 5. The van der Waals surface area contributed by atoms with Crippen LogP contribution in [0, 0.1) is 5.92 Å². The molecule has 0 unspecified atom stereocenters. The first-order valence-corrected chi connectivity index (χ1v) is 7.94. The highest BCUT2D eigenvalue weighted by Gasteiger charge is 2.19. The zero-order chi connectivity index (χ0) is 16.2. The average Bonchev–Trinajstić information content (AvgIpc) is 2.36. The number of anilines is 1. The number of carboxylic acid groups (broad SMARTS) is 1. The van der Waals surface area contributed by atoms with E-state index in [4.69, 9.17) is 5.11 Å². The molecule has 7 nitrogen and oxygen atoms in total. The first kappa shape index (κ1) is 17.4. The molecule has 0 radical (unpaired) electrons. The Balaban J connectivity index is 3.05. The van der Waals surface area contributed by atoms with Crippen molar-refractivity contribution in [2.75, 3.05) is 32.1 Å². The predicted molar refractivity (Wildman–Crippen MR) is 79.8 cm³/mol. The van der Waals surface area contributed by atoms with Crippen molar-refractivity contribution in [3.63, 3.8) is 0 Å². The van der Waals surface area contributed by atoms with E-state index >= 15 is 0 Å². The summed E-state index contributed by atoms with van der Waals surface area (Å²) in [7, 11) is -0.643. The van der Waals surface area contributed by atoms with Crippen molar-refractivity contribution >= 4 is 21.8 Å². The average molecular weight is 315 g/mol. The number of nitrogens with zero attached hydrogens (tertiary/aromatic N) is 3. The molecule has 0 bridgehead atoms. The van der Waals surface area contributed by atoms with Crippen LogP contribution in [-0.2, 0) is 14.8 Å². The second-order valence-corrected chi connectivity index (χ2v) is 7.46. The Morgan fingerprint density at radius 1 is 1.33 bits per heavy atom. The highest BCUT2D eigenvalue weighted by atomic mass is 32.2. The summed E-state index contributed by atoms with van der Waals surface area (Å²) in [6.07, 6.45) is 1.25. The van der Waals surface area contributed by atoms with Gasteiger partial charge in [0.2, 0.25) is 10.0 Å². The van der Waals surface area contributed by atoms with Gasteiger partial charge in [0, 0.05) is 26.8 Å². The monoisotopic (exact) mass is 315 g/mol. The minimum absolute atomic E-state index is 0.0797. The van der Waals surface area contributed by atoms with Gasteiger partial charge in [0.05, 0.1) is 0 Å². The molecule has 0 aromatic carbocycles. The zero-order valence-corrected chi connectivity index (χ0v) is 13.5. The third-order valence-corrected chi connectivity index (χ3v) is 4.53. The van der Waals surface area contributed by atoms with Crippen molar-refractivity contribution in [2.24, 2.45) is 5.92 Å². The molecule has 1 N–H and O–H groups in total. The maximum Gasteiger partial charge on any atom is 0.323 e. The van der Waals surface area contributed by atoms with E-state index in [1.165, 1.54) is 32.4 Å². The Kier molecular flexibility index (Phi) is 5.68. The smallest absolute Gasteiger partial charge is 0.323 e. The molecule has 0 atom stereocenters. The van der Waals surface area contributed by atoms with E-state index in [1.54, 1.807) is 4.90 Å². The van der Waals surface area contributed by atoms with Crippen LogP contribution in [0.1, 0.15) is 13.8 Å². The maximum atomic E-state index is 11.9. The Morgan fingerprint density at radius 2 is 1.95 bits per heavy atom. The molecular formula is C13H21N3O4S. The molecule has 8 heteroatoms. The standard InChI is InChI=1S/C13H21N3O4S/c1-10(2)8-16(9-13(17)18)12-6-5-11(7-14-12)21(19,20)15(3)4/h5-7,10H,8-9H2,1-4H3,(H,17,18). The molecule has 1 heterocycles. The summed E-state index contributed by atoms with van der Waals surface area (Å²) in [4.78, 5) is 16.7. The summed E-state index contributed by atoms with van der Waals surface area (Å²) < 4.78 is 25.0. The lowest BCUT2D eigenvalue weighted by Crippen LogP contribution is -2.33. The van der Waals surface area contributed by atoms with Crippen molar-refractivity contribution < 1.29 is 18.3 Å². The van der Waals surface area contributed by atoms with Gasteiger partial charge < -0.3 is 10.0 Å². The third-order valence-electron chi connectivity index (χ3n) is 2.73. The highest BCUT2D eigenvalue weighted by molar-refractivity contribution is 7.89. The molecule has 0 spiro atoms. The first-order chi connectivity index (χ1) is 9.64. The fourth-order valence-corrected chi connectivity index (χ4v) is 2.61. The van der Waals surface area contributed by atoms with Crippen molar-refractivity contribution in [2.45, 2.75) is 18.7 Å². The molecule has 1 aromatic heterocycles. The number of carboxylic acids is 1. The van der Waals surface area contributed by atoms with Crippen molar-refractivity contribution in [1.29, 1.82) is 0 Å². The minimum Gasteiger partial charge on any atom is -0.480 e. The molecule has 1 rings (SSSR count). The largest absolute Gasteiger partial charge is 0.480 e. The molecular weight excluding hydrogens is 294 g/mol. The number of hydrogen-bond donors (Lipinski definition) is 1. The van der Waals surface area contributed by atoms with Crippen molar-refractivity contribution in [3.8, 4) is 0 Å². The summed E-state index contributed by atoms with van der Waals surface area (Å²) >= 11 is 0. The Hall–Kier alpha value is -1.67. The van der Waals surface area contributed by atoms with E-state index in [-0.39, 0.29) is 17.4 Å². The lowest BCUT2D eigenvalue weighted by molar-refractivity contribution is -0.135. The number of aliphatic carboxylic acids is 1. The Bertz CT molecular complexity index is 582. The van der Waals surface area contributed by atoms with E-state index in [0.29, 0.717) is 12.4 Å². The van der Waals surface area contributed by atoms with Crippen LogP contribution < -0.4 is 4.90 Å². The number of sulfonamides is 1. The van der Waals surface area contributed by atoms with E-state index < -0.39 is 16.0 Å². The maximum absolute atomic E-state index is 11.9. The molecule has 1 aromatic rings. The fourth-order valence-electron chi connectivity index (χ4n) is 1.77. The lowest BCUT2D eigenvalue weighted by atomic mass is 10.2. The number of carbonyl (C=O) groups is 1. The molecule has 0 fully saturated rings. The van der Waals surface area contributed by atoms with Crippen LogP contribution in [0.25, 0.3) is 0 Å². The molecule has 0 aliphatic heterocycles. The number of aromatic nitrogens is 1. The van der Waals surface area contributed by atoms with Crippen LogP contribution in [0.2, 0.25) is 0 Å². The molecule has 0 aliphatic carbocycles. The topological polar surface area (TPSA) is 90.8 Å². The highest BCUT2D eigenvalue weighted by Crippen LogP contribution is 2.17. The normalized spacial score (nSPS) is 11.9. The summed E-state index contributed by atoms with van der Waals surface area (Å²) in [5.41, 5.74) is 0. The van der Waals surface area contributed by atoms with Gasteiger partial charge in [-0.2, -0.15) is 0 Å².